The molecule has 144 valence electrons. The minimum absolute atomic E-state index is 0.0348. The summed E-state index contributed by atoms with van der Waals surface area (Å²) in [6.07, 6.45) is 2.27. The predicted octanol–water partition coefficient (Wildman–Crippen LogP) is 0.757. The number of carbonyl (C=O) groups is 1. The van der Waals surface area contributed by atoms with Crippen LogP contribution in [0.1, 0.15) is 37.0 Å². The molecule has 1 aliphatic carbocycles. The van der Waals surface area contributed by atoms with Crippen LogP contribution in [0.3, 0.4) is 0 Å². The maximum absolute atomic E-state index is 12.8. The minimum Gasteiger partial charge on any atom is -0.457 e. The summed E-state index contributed by atoms with van der Waals surface area (Å²) in [6, 6.07) is 7.38. The Labute approximate surface area is 159 Å². The molecule has 1 aromatic carbocycles. The molecule has 3 aromatic rings. The number of ether oxygens (including phenoxy) is 1. The van der Waals surface area contributed by atoms with E-state index in [1.54, 1.807) is 16.7 Å². The van der Waals surface area contributed by atoms with E-state index in [1.807, 2.05) is 12.1 Å². The molecule has 10 nitrogen and oxygen atoms in total. The number of aromatic nitrogens is 5. The van der Waals surface area contributed by atoms with Crippen molar-refractivity contribution in [2.75, 3.05) is 11.5 Å². The van der Waals surface area contributed by atoms with Crippen LogP contribution < -0.4 is 17.0 Å². The first-order valence-corrected chi connectivity index (χ1v) is 8.93. The van der Waals surface area contributed by atoms with Gasteiger partial charge in [-0.15, -0.1) is 0 Å². The van der Waals surface area contributed by atoms with Gasteiger partial charge < -0.3 is 16.2 Å². The third kappa shape index (κ3) is 3.75. The molecule has 1 fully saturated rings. The molecular formula is C18H19N7O3. The number of nitrogens with two attached hydrogens (primary N) is 2. The molecule has 2 heterocycles. The van der Waals surface area contributed by atoms with Gasteiger partial charge in [-0.3, -0.25) is 14.2 Å². The van der Waals surface area contributed by atoms with Gasteiger partial charge in [-0.2, -0.15) is 15.0 Å². The minimum atomic E-state index is -0.456. The molecule has 1 aliphatic rings. The summed E-state index contributed by atoms with van der Waals surface area (Å²) in [4.78, 5) is 40.9. The van der Waals surface area contributed by atoms with Crippen molar-refractivity contribution in [3.05, 3.63) is 46.3 Å². The number of hydrogen-bond donors (Lipinski definition) is 2. The van der Waals surface area contributed by atoms with Crippen LogP contribution in [0.25, 0.3) is 10.9 Å². The molecule has 10 heteroatoms. The Kier molecular flexibility index (Phi) is 4.60. The second kappa shape index (κ2) is 7.22. The Balaban J connectivity index is 1.47. The number of fused-ring (bicyclic) bond motifs is 1. The number of aryl methyl sites for hydroxylation is 1. The van der Waals surface area contributed by atoms with E-state index in [-0.39, 0.29) is 42.3 Å². The van der Waals surface area contributed by atoms with Crippen LogP contribution in [0.15, 0.2) is 29.1 Å². The van der Waals surface area contributed by atoms with Crippen molar-refractivity contribution in [1.29, 1.82) is 0 Å². The van der Waals surface area contributed by atoms with Crippen LogP contribution >= 0.6 is 0 Å². The number of benzene rings is 1. The van der Waals surface area contributed by atoms with E-state index >= 15 is 0 Å². The summed E-state index contributed by atoms with van der Waals surface area (Å²) in [5, 5.41) is 0.589. The van der Waals surface area contributed by atoms with E-state index in [1.165, 1.54) is 0 Å². The predicted molar refractivity (Wildman–Crippen MR) is 101 cm³/mol. The first-order valence-electron chi connectivity index (χ1n) is 8.93. The van der Waals surface area contributed by atoms with E-state index in [9.17, 15) is 9.59 Å². The van der Waals surface area contributed by atoms with E-state index in [0.717, 1.165) is 12.8 Å². The molecule has 0 unspecified atom stereocenters. The van der Waals surface area contributed by atoms with Gasteiger partial charge in [0, 0.05) is 12.5 Å². The second-order valence-electron chi connectivity index (χ2n) is 6.58. The van der Waals surface area contributed by atoms with Crippen molar-refractivity contribution >= 4 is 28.8 Å². The standard InChI is InChI=1S/C18H19N7O3/c19-17-22-13(23-18(20)24-17)9-28-15(26)8-7-14-21-12-4-2-1-3-11(12)16(27)25(14)10-5-6-10/h1-4,10H,5-9H2,(H4,19,20,22,23,24). The molecule has 1 saturated carbocycles. The monoisotopic (exact) mass is 381 g/mol. The van der Waals surface area contributed by atoms with Crippen LogP contribution in [-0.2, 0) is 22.6 Å². The SMILES string of the molecule is Nc1nc(N)nc(COC(=O)CCc2nc3ccccc3c(=O)n2C2CC2)n1. The molecule has 0 amide bonds. The smallest absolute Gasteiger partial charge is 0.306 e. The van der Waals surface area contributed by atoms with Gasteiger partial charge in [0.2, 0.25) is 11.9 Å². The number of nitrogen functional groups attached to an aromatic ring is 2. The number of hydrogen-bond acceptors (Lipinski definition) is 9. The van der Waals surface area contributed by atoms with Gasteiger partial charge >= 0.3 is 5.97 Å². The fourth-order valence-electron chi connectivity index (χ4n) is 3.03. The van der Waals surface area contributed by atoms with Crippen molar-refractivity contribution in [3.8, 4) is 0 Å². The summed E-state index contributed by atoms with van der Waals surface area (Å²) in [5.74, 6) is 0.246. The van der Waals surface area contributed by atoms with E-state index in [2.05, 4.69) is 19.9 Å². The van der Waals surface area contributed by atoms with Gasteiger partial charge in [-0.25, -0.2) is 4.98 Å². The highest BCUT2D eigenvalue weighted by atomic mass is 16.5. The van der Waals surface area contributed by atoms with Crippen LogP contribution in [-0.4, -0.2) is 30.5 Å². The van der Waals surface area contributed by atoms with Crippen LogP contribution in [0.4, 0.5) is 11.9 Å². The largest absolute Gasteiger partial charge is 0.457 e. The first kappa shape index (κ1) is 17.8. The summed E-state index contributed by atoms with van der Waals surface area (Å²) in [5.41, 5.74) is 11.5. The number of nitrogens with zero attached hydrogens (tertiary/aromatic N) is 5. The number of rotatable bonds is 6. The summed E-state index contributed by atoms with van der Waals surface area (Å²) >= 11 is 0. The third-order valence-electron chi connectivity index (χ3n) is 4.42. The third-order valence-corrected chi connectivity index (χ3v) is 4.42. The lowest BCUT2D eigenvalue weighted by molar-refractivity contribution is -0.145. The fraction of sp³-hybridized carbons (Fsp3) is 0.333. The molecule has 0 spiro atoms. The Morgan fingerprint density at radius 2 is 1.82 bits per heavy atom. The van der Waals surface area contributed by atoms with Crippen molar-refractivity contribution in [3.63, 3.8) is 0 Å². The molecule has 0 radical (unpaired) electrons. The van der Waals surface area contributed by atoms with E-state index in [4.69, 9.17) is 16.2 Å². The fourth-order valence-corrected chi connectivity index (χ4v) is 3.03. The zero-order valence-electron chi connectivity index (χ0n) is 15.0. The Hall–Kier alpha value is -3.56. The Morgan fingerprint density at radius 1 is 1.11 bits per heavy atom. The molecule has 0 saturated heterocycles. The Morgan fingerprint density at radius 3 is 2.54 bits per heavy atom. The highest BCUT2D eigenvalue weighted by Gasteiger charge is 2.28. The molecule has 4 N–H and O–H groups in total. The number of anilines is 2. The lowest BCUT2D eigenvalue weighted by Gasteiger charge is -2.12. The molecule has 0 bridgehead atoms. The molecule has 28 heavy (non-hydrogen) atoms. The lowest BCUT2D eigenvalue weighted by Crippen LogP contribution is -2.25. The molecule has 0 aliphatic heterocycles. The van der Waals surface area contributed by atoms with Crippen LogP contribution in [0.2, 0.25) is 0 Å². The number of esters is 1. The van der Waals surface area contributed by atoms with Gasteiger partial charge in [0.05, 0.1) is 17.3 Å². The summed E-state index contributed by atoms with van der Waals surface area (Å²) < 4.78 is 6.89. The first-order chi connectivity index (χ1) is 13.5. The van der Waals surface area contributed by atoms with Crippen LogP contribution in [0.5, 0.6) is 0 Å². The number of carbonyl (C=O) groups excluding carboxylic acids is 1. The van der Waals surface area contributed by atoms with Crippen molar-refractivity contribution in [2.24, 2.45) is 0 Å². The maximum Gasteiger partial charge on any atom is 0.306 e. The molecule has 2 aromatic heterocycles. The molecule has 4 rings (SSSR count). The van der Waals surface area contributed by atoms with Gasteiger partial charge in [-0.1, -0.05) is 12.1 Å². The maximum atomic E-state index is 12.8. The lowest BCUT2D eigenvalue weighted by atomic mass is 10.2. The van der Waals surface area contributed by atoms with Gasteiger partial charge in [0.1, 0.15) is 5.82 Å². The zero-order valence-corrected chi connectivity index (χ0v) is 15.0. The molecule has 0 atom stereocenters. The normalized spacial score (nSPS) is 13.6. The van der Waals surface area contributed by atoms with E-state index in [0.29, 0.717) is 23.1 Å². The van der Waals surface area contributed by atoms with Gasteiger partial charge in [0.25, 0.3) is 5.56 Å². The molecular weight excluding hydrogens is 362 g/mol. The summed E-state index contributed by atoms with van der Waals surface area (Å²) in [7, 11) is 0. The van der Waals surface area contributed by atoms with Gasteiger partial charge in [-0.05, 0) is 25.0 Å². The van der Waals surface area contributed by atoms with Crippen LogP contribution in [0, 0.1) is 0 Å². The topological polar surface area (TPSA) is 152 Å². The number of para-hydroxylation sites is 1. The second-order valence-corrected chi connectivity index (χ2v) is 6.58. The van der Waals surface area contributed by atoms with Crippen molar-refractivity contribution in [2.45, 2.75) is 38.3 Å². The highest BCUT2D eigenvalue weighted by Crippen LogP contribution is 2.34. The van der Waals surface area contributed by atoms with E-state index < -0.39 is 5.97 Å². The Bertz CT molecular complexity index is 1090. The average molecular weight is 381 g/mol. The summed E-state index contributed by atoms with van der Waals surface area (Å²) in [6.45, 7) is -0.156. The zero-order chi connectivity index (χ0) is 19.7. The van der Waals surface area contributed by atoms with Crippen molar-refractivity contribution in [1.82, 2.24) is 24.5 Å². The van der Waals surface area contributed by atoms with Gasteiger partial charge in [0.15, 0.2) is 12.4 Å². The average Bonchev–Trinajstić information content (AvgIpc) is 3.49. The van der Waals surface area contributed by atoms with Crippen molar-refractivity contribution < 1.29 is 9.53 Å². The highest BCUT2D eigenvalue weighted by molar-refractivity contribution is 5.77. The quantitative estimate of drug-likeness (QED) is 0.589.